The van der Waals surface area contributed by atoms with Gasteiger partial charge >= 0.3 is 5.97 Å². The standard InChI is InChI=1S/C17H19N3O3/c1-3-14(16(21)20-15-11(2)6-5-9-19-15)23-17(22)12-7-4-8-13(18)10-12/h4-10,14H,3,18H2,1-2H3,(H,19,20,21). The Labute approximate surface area is 134 Å². The van der Waals surface area contributed by atoms with Crippen molar-refractivity contribution in [3.8, 4) is 0 Å². The molecule has 6 heteroatoms. The minimum absolute atomic E-state index is 0.310. The average molecular weight is 313 g/mol. The third-order valence-electron chi connectivity index (χ3n) is 3.29. The maximum absolute atomic E-state index is 12.3. The largest absolute Gasteiger partial charge is 0.449 e. The zero-order valence-electron chi connectivity index (χ0n) is 13.1. The first kappa shape index (κ1) is 16.5. The van der Waals surface area contributed by atoms with Gasteiger partial charge in [0.05, 0.1) is 5.56 Å². The van der Waals surface area contributed by atoms with Crippen molar-refractivity contribution in [1.82, 2.24) is 4.98 Å². The van der Waals surface area contributed by atoms with Gasteiger partial charge in [0, 0.05) is 11.9 Å². The first-order valence-electron chi connectivity index (χ1n) is 7.30. The number of nitrogens with one attached hydrogen (secondary N) is 1. The second kappa shape index (κ2) is 7.40. The Hall–Kier alpha value is -2.89. The molecule has 1 aromatic carbocycles. The SMILES string of the molecule is CCC(OC(=O)c1cccc(N)c1)C(=O)Nc1ncccc1C. The lowest BCUT2D eigenvalue weighted by molar-refractivity contribution is -0.124. The van der Waals surface area contributed by atoms with Gasteiger partial charge in [0.25, 0.3) is 5.91 Å². The van der Waals surface area contributed by atoms with Gasteiger partial charge in [-0.25, -0.2) is 9.78 Å². The van der Waals surface area contributed by atoms with Gasteiger partial charge < -0.3 is 15.8 Å². The smallest absolute Gasteiger partial charge is 0.338 e. The molecular formula is C17H19N3O3. The summed E-state index contributed by atoms with van der Waals surface area (Å²) in [7, 11) is 0. The summed E-state index contributed by atoms with van der Waals surface area (Å²) < 4.78 is 5.28. The summed E-state index contributed by atoms with van der Waals surface area (Å²) in [6.07, 6.45) is 1.04. The number of aryl methyl sites for hydroxylation is 1. The molecule has 0 radical (unpaired) electrons. The molecule has 3 N–H and O–H groups in total. The monoisotopic (exact) mass is 313 g/mol. The Balaban J connectivity index is 2.06. The van der Waals surface area contributed by atoms with E-state index in [2.05, 4.69) is 10.3 Å². The van der Waals surface area contributed by atoms with Crippen molar-refractivity contribution in [2.24, 2.45) is 0 Å². The maximum atomic E-state index is 12.3. The summed E-state index contributed by atoms with van der Waals surface area (Å²) in [6.45, 7) is 3.60. The van der Waals surface area contributed by atoms with E-state index >= 15 is 0 Å². The predicted octanol–water partition coefficient (Wildman–Crippen LogP) is 2.55. The zero-order valence-corrected chi connectivity index (χ0v) is 13.1. The highest BCUT2D eigenvalue weighted by atomic mass is 16.5. The molecule has 0 saturated carbocycles. The quantitative estimate of drug-likeness (QED) is 0.653. The third-order valence-corrected chi connectivity index (χ3v) is 3.29. The van der Waals surface area contributed by atoms with Crippen molar-refractivity contribution in [2.45, 2.75) is 26.4 Å². The summed E-state index contributed by atoms with van der Waals surface area (Å²) >= 11 is 0. The number of aromatic nitrogens is 1. The van der Waals surface area contributed by atoms with Gasteiger partial charge in [-0.2, -0.15) is 0 Å². The van der Waals surface area contributed by atoms with Crippen molar-refractivity contribution in [1.29, 1.82) is 0 Å². The zero-order chi connectivity index (χ0) is 16.8. The van der Waals surface area contributed by atoms with Crippen LogP contribution in [0.1, 0.15) is 29.3 Å². The molecule has 0 bridgehead atoms. The Morgan fingerprint density at radius 1 is 1.30 bits per heavy atom. The molecule has 0 spiro atoms. The van der Waals surface area contributed by atoms with Crippen molar-refractivity contribution < 1.29 is 14.3 Å². The molecule has 1 aromatic heterocycles. The van der Waals surface area contributed by atoms with Crippen molar-refractivity contribution in [3.63, 3.8) is 0 Å². The number of hydrogen-bond donors (Lipinski definition) is 2. The minimum Gasteiger partial charge on any atom is -0.449 e. The van der Waals surface area contributed by atoms with Gasteiger partial charge in [-0.1, -0.05) is 19.1 Å². The molecule has 23 heavy (non-hydrogen) atoms. The molecule has 1 atom stereocenters. The van der Waals surface area contributed by atoms with Crippen molar-refractivity contribution >= 4 is 23.4 Å². The van der Waals surface area contributed by atoms with E-state index in [1.54, 1.807) is 37.4 Å². The number of anilines is 2. The highest BCUT2D eigenvalue weighted by molar-refractivity contribution is 5.97. The van der Waals surface area contributed by atoms with Gasteiger partial charge in [0.15, 0.2) is 6.10 Å². The van der Waals surface area contributed by atoms with Gasteiger partial charge in [0.1, 0.15) is 5.82 Å². The number of nitrogens with zero attached hydrogens (tertiary/aromatic N) is 1. The van der Waals surface area contributed by atoms with Crippen molar-refractivity contribution in [2.75, 3.05) is 11.1 Å². The van der Waals surface area contributed by atoms with E-state index in [-0.39, 0.29) is 0 Å². The summed E-state index contributed by atoms with van der Waals surface area (Å²) in [4.78, 5) is 28.5. The summed E-state index contributed by atoms with van der Waals surface area (Å²) in [5.74, 6) is -0.542. The Morgan fingerprint density at radius 3 is 2.74 bits per heavy atom. The van der Waals surface area contributed by atoms with Gasteiger partial charge in [-0.15, -0.1) is 0 Å². The maximum Gasteiger partial charge on any atom is 0.338 e. The number of hydrogen-bond acceptors (Lipinski definition) is 5. The summed E-state index contributed by atoms with van der Waals surface area (Å²) in [5.41, 5.74) is 7.24. The molecule has 0 fully saturated rings. The molecule has 120 valence electrons. The van der Waals surface area contributed by atoms with Crippen LogP contribution in [0.25, 0.3) is 0 Å². The molecule has 2 aromatic rings. The number of esters is 1. The number of carbonyl (C=O) groups excluding carboxylic acids is 2. The van der Waals surface area contributed by atoms with E-state index in [0.717, 1.165) is 5.56 Å². The number of amides is 1. The van der Waals surface area contributed by atoms with E-state index in [1.165, 1.54) is 6.07 Å². The molecule has 0 aliphatic carbocycles. The Morgan fingerprint density at radius 2 is 2.09 bits per heavy atom. The number of ether oxygens (including phenoxy) is 1. The second-order valence-electron chi connectivity index (χ2n) is 5.09. The molecular weight excluding hydrogens is 294 g/mol. The molecule has 1 heterocycles. The van der Waals surface area contributed by atoms with Crippen LogP contribution < -0.4 is 11.1 Å². The number of rotatable bonds is 5. The molecule has 0 saturated heterocycles. The topological polar surface area (TPSA) is 94.3 Å². The molecule has 2 rings (SSSR count). The van der Waals surface area contributed by atoms with Crippen LogP contribution in [0.5, 0.6) is 0 Å². The van der Waals surface area contributed by atoms with E-state index in [0.29, 0.717) is 23.5 Å². The molecule has 6 nitrogen and oxygen atoms in total. The van der Waals surface area contributed by atoms with Gasteiger partial charge in [-0.05, 0) is 43.2 Å². The highest BCUT2D eigenvalue weighted by Crippen LogP contribution is 2.13. The number of nitrogens with two attached hydrogens (primary N) is 1. The van der Waals surface area contributed by atoms with Gasteiger partial charge in [0.2, 0.25) is 0 Å². The van der Waals surface area contributed by atoms with Crippen LogP contribution in [-0.4, -0.2) is 23.0 Å². The Kier molecular flexibility index (Phi) is 5.30. The van der Waals surface area contributed by atoms with Crippen LogP contribution >= 0.6 is 0 Å². The number of pyridine rings is 1. The average Bonchev–Trinajstić information content (AvgIpc) is 2.54. The first-order valence-corrected chi connectivity index (χ1v) is 7.30. The van der Waals surface area contributed by atoms with Crippen molar-refractivity contribution in [3.05, 3.63) is 53.7 Å². The number of nitrogen functional groups attached to an aromatic ring is 1. The van der Waals surface area contributed by atoms with Crippen LogP contribution in [0.4, 0.5) is 11.5 Å². The van der Waals surface area contributed by atoms with E-state index in [1.807, 2.05) is 13.0 Å². The normalized spacial score (nSPS) is 11.6. The van der Waals surface area contributed by atoms with Crippen LogP contribution in [0.2, 0.25) is 0 Å². The predicted molar refractivity (Wildman–Crippen MR) is 88.0 cm³/mol. The second-order valence-corrected chi connectivity index (χ2v) is 5.09. The Bertz CT molecular complexity index is 716. The summed E-state index contributed by atoms with van der Waals surface area (Å²) in [5, 5.41) is 2.68. The molecule has 1 unspecified atom stereocenters. The van der Waals surface area contributed by atoms with E-state index in [9.17, 15) is 9.59 Å². The lowest BCUT2D eigenvalue weighted by Crippen LogP contribution is -2.32. The lowest BCUT2D eigenvalue weighted by atomic mass is 10.2. The van der Waals surface area contributed by atoms with Crippen LogP contribution in [0.3, 0.4) is 0 Å². The lowest BCUT2D eigenvalue weighted by Gasteiger charge is -2.16. The fourth-order valence-electron chi connectivity index (χ4n) is 2.00. The van der Waals surface area contributed by atoms with E-state index < -0.39 is 18.0 Å². The highest BCUT2D eigenvalue weighted by Gasteiger charge is 2.22. The third kappa shape index (κ3) is 4.29. The van der Waals surface area contributed by atoms with Crippen LogP contribution in [0, 0.1) is 6.92 Å². The van der Waals surface area contributed by atoms with Gasteiger partial charge in [-0.3, -0.25) is 4.79 Å². The number of carbonyl (C=O) groups is 2. The molecule has 0 aliphatic rings. The fraction of sp³-hybridized carbons (Fsp3) is 0.235. The summed E-state index contributed by atoms with van der Waals surface area (Å²) in [6, 6.07) is 10.0. The number of benzene rings is 1. The molecule has 1 amide bonds. The molecule has 0 aliphatic heterocycles. The minimum atomic E-state index is -0.898. The van der Waals surface area contributed by atoms with Crippen LogP contribution in [0.15, 0.2) is 42.6 Å². The first-order chi connectivity index (χ1) is 11.0. The van der Waals surface area contributed by atoms with Crippen LogP contribution in [-0.2, 0) is 9.53 Å². The fourth-order valence-corrected chi connectivity index (χ4v) is 2.00. The van der Waals surface area contributed by atoms with E-state index in [4.69, 9.17) is 10.5 Å².